The molecule has 1 amide bonds. The van der Waals surface area contributed by atoms with Crippen LogP contribution in [0.25, 0.3) is 0 Å². The molecule has 4 nitrogen and oxygen atoms in total. The standard InChI is InChI=1S/C17H31N3O/c1-14(17(21)19-11-5-2-6-12-19)20(16-8-9-16)13-15-7-3-4-10-18-15/h14-16,18H,2-13H2,1H3. The molecule has 0 radical (unpaired) electrons. The van der Waals surface area contributed by atoms with Gasteiger partial charge >= 0.3 is 0 Å². The molecule has 21 heavy (non-hydrogen) atoms. The number of amides is 1. The Morgan fingerprint density at radius 1 is 1.14 bits per heavy atom. The molecule has 2 unspecified atom stereocenters. The molecule has 3 aliphatic rings. The van der Waals surface area contributed by atoms with Crippen molar-refractivity contribution >= 4 is 5.91 Å². The van der Waals surface area contributed by atoms with E-state index in [1.165, 1.54) is 51.4 Å². The van der Waals surface area contributed by atoms with Crippen molar-refractivity contribution in [2.45, 2.75) is 76.4 Å². The zero-order valence-electron chi connectivity index (χ0n) is 13.5. The van der Waals surface area contributed by atoms with Gasteiger partial charge in [-0.1, -0.05) is 6.42 Å². The van der Waals surface area contributed by atoms with Gasteiger partial charge in [0.1, 0.15) is 0 Å². The van der Waals surface area contributed by atoms with Crippen LogP contribution in [0.2, 0.25) is 0 Å². The van der Waals surface area contributed by atoms with E-state index >= 15 is 0 Å². The number of rotatable bonds is 5. The lowest BCUT2D eigenvalue weighted by molar-refractivity contribution is -0.137. The summed E-state index contributed by atoms with van der Waals surface area (Å²) in [5.41, 5.74) is 0. The van der Waals surface area contributed by atoms with Crippen LogP contribution in [-0.2, 0) is 4.79 Å². The second-order valence-electron chi connectivity index (χ2n) is 7.14. The molecular weight excluding hydrogens is 262 g/mol. The maximum absolute atomic E-state index is 12.8. The summed E-state index contributed by atoms with van der Waals surface area (Å²) in [4.78, 5) is 17.4. The van der Waals surface area contributed by atoms with E-state index in [-0.39, 0.29) is 6.04 Å². The number of hydrogen-bond acceptors (Lipinski definition) is 3. The van der Waals surface area contributed by atoms with Crippen molar-refractivity contribution < 1.29 is 4.79 Å². The maximum atomic E-state index is 12.8. The summed E-state index contributed by atoms with van der Waals surface area (Å²) in [5, 5.41) is 3.64. The predicted molar refractivity (Wildman–Crippen MR) is 85.3 cm³/mol. The fourth-order valence-corrected chi connectivity index (χ4v) is 3.88. The molecule has 0 aromatic heterocycles. The molecule has 2 aliphatic heterocycles. The number of nitrogens with zero attached hydrogens (tertiary/aromatic N) is 2. The summed E-state index contributed by atoms with van der Waals surface area (Å²) in [7, 11) is 0. The Kier molecular flexibility index (Phi) is 5.17. The number of piperidine rings is 2. The van der Waals surface area contributed by atoms with Crippen molar-refractivity contribution in [3.8, 4) is 0 Å². The second kappa shape index (κ2) is 7.10. The van der Waals surface area contributed by atoms with Crippen LogP contribution in [0.15, 0.2) is 0 Å². The molecule has 2 heterocycles. The van der Waals surface area contributed by atoms with Crippen molar-refractivity contribution in [3.05, 3.63) is 0 Å². The molecule has 3 fully saturated rings. The monoisotopic (exact) mass is 293 g/mol. The van der Waals surface area contributed by atoms with Gasteiger partial charge in [-0.05, 0) is 58.4 Å². The van der Waals surface area contributed by atoms with Gasteiger partial charge < -0.3 is 10.2 Å². The molecule has 1 aliphatic carbocycles. The number of hydrogen-bond donors (Lipinski definition) is 1. The van der Waals surface area contributed by atoms with Gasteiger partial charge in [-0.2, -0.15) is 0 Å². The Morgan fingerprint density at radius 2 is 1.90 bits per heavy atom. The first kappa shape index (κ1) is 15.3. The van der Waals surface area contributed by atoms with Crippen LogP contribution in [0.5, 0.6) is 0 Å². The van der Waals surface area contributed by atoms with Gasteiger partial charge in [0.15, 0.2) is 0 Å². The molecule has 0 aromatic rings. The summed E-state index contributed by atoms with van der Waals surface area (Å²) in [6, 6.07) is 1.33. The first-order valence-corrected chi connectivity index (χ1v) is 9.03. The summed E-state index contributed by atoms with van der Waals surface area (Å²) < 4.78 is 0. The molecule has 3 rings (SSSR count). The van der Waals surface area contributed by atoms with Crippen molar-refractivity contribution in [2.75, 3.05) is 26.2 Å². The van der Waals surface area contributed by atoms with E-state index < -0.39 is 0 Å². The van der Waals surface area contributed by atoms with Crippen LogP contribution >= 0.6 is 0 Å². The molecule has 2 atom stereocenters. The highest BCUT2D eigenvalue weighted by atomic mass is 16.2. The van der Waals surface area contributed by atoms with E-state index in [2.05, 4.69) is 22.0 Å². The quantitative estimate of drug-likeness (QED) is 0.842. The smallest absolute Gasteiger partial charge is 0.239 e. The molecule has 0 bridgehead atoms. The van der Waals surface area contributed by atoms with Crippen molar-refractivity contribution in [1.82, 2.24) is 15.1 Å². The Balaban J connectivity index is 1.58. The maximum Gasteiger partial charge on any atom is 0.239 e. The summed E-state index contributed by atoms with van der Waals surface area (Å²) in [6.07, 6.45) is 10.1. The fourth-order valence-electron chi connectivity index (χ4n) is 3.88. The topological polar surface area (TPSA) is 35.6 Å². The molecule has 120 valence electrons. The minimum Gasteiger partial charge on any atom is -0.341 e. The SMILES string of the molecule is CC(C(=O)N1CCCCC1)N(CC1CCCCN1)C1CC1. The lowest BCUT2D eigenvalue weighted by Gasteiger charge is -2.37. The van der Waals surface area contributed by atoms with Crippen molar-refractivity contribution in [3.63, 3.8) is 0 Å². The predicted octanol–water partition coefficient (Wildman–Crippen LogP) is 1.99. The minimum absolute atomic E-state index is 0.0688. The molecule has 4 heteroatoms. The number of carbonyl (C=O) groups is 1. The van der Waals surface area contributed by atoms with Gasteiger partial charge in [0.25, 0.3) is 0 Å². The van der Waals surface area contributed by atoms with E-state index in [0.29, 0.717) is 18.0 Å². The summed E-state index contributed by atoms with van der Waals surface area (Å²) in [5.74, 6) is 0.373. The van der Waals surface area contributed by atoms with Gasteiger partial charge in [-0.25, -0.2) is 0 Å². The van der Waals surface area contributed by atoms with Crippen LogP contribution < -0.4 is 5.32 Å². The van der Waals surface area contributed by atoms with Gasteiger partial charge in [-0.3, -0.25) is 9.69 Å². The number of likely N-dealkylation sites (tertiary alicyclic amines) is 1. The highest BCUT2D eigenvalue weighted by molar-refractivity contribution is 5.81. The van der Waals surface area contributed by atoms with E-state index in [9.17, 15) is 4.79 Å². The van der Waals surface area contributed by atoms with Crippen molar-refractivity contribution in [2.24, 2.45) is 0 Å². The normalized spacial score (nSPS) is 28.7. The Bertz CT molecular complexity index is 344. The molecule has 1 N–H and O–H groups in total. The second-order valence-corrected chi connectivity index (χ2v) is 7.14. The van der Waals surface area contributed by atoms with E-state index in [1.54, 1.807) is 0 Å². The van der Waals surface area contributed by atoms with Gasteiger partial charge in [-0.15, -0.1) is 0 Å². The van der Waals surface area contributed by atoms with Gasteiger partial charge in [0, 0.05) is 31.7 Å². The Hall–Kier alpha value is -0.610. The number of nitrogens with one attached hydrogen (secondary N) is 1. The zero-order chi connectivity index (χ0) is 14.7. The van der Waals surface area contributed by atoms with E-state index in [0.717, 1.165) is 26.2 Å². The largest absolute Gasteiger partial charge is 0.341 e. The van der Waals surface area contributed by atoms with Crippen LogP contribution in [0.1, 0.15) is 58.3 Å². The van der Waals surface area contributed by atoms with Crippen LogP contribution in [-0.4, -0.2) is 60.0 Å². The third-order valence-corrected chi connectivity index (χ3v) is 5.38. The molecular formula is C17H31N3O. The fraction of sp³-hybridized carbons (Fsp3) is 0.941. The first-order chi connectivity index (χ1) is 10.3. The third-order valence-electron chi connectivity index (χ3n) is 5.38. The van der Waals surface area contributed by atoms with E-state index in [1.807, 2.05) is 0 Å². The molecule has 0 aromatic carbocycles. The zero-order valence-corrected chi connectivity index (χ0v) is 13.5. The van der Waals surface area contributed by atoms with Gasteiger partial charge in [0.05, 0.1) is 6.04 Å². The minimum atomic E-state index is 0.0688. The van der Waals surface area contributed by atoms with E-state index in [4.69, 9.17) is 0 Å². The summed E-state index contributed by atoms with van der Waals surface area (Å²) >= 11 is 0. The molecule has 0 spiro atoms. The first-order valence-electron chi connectivity index (χ1n) is 9.03. The lowest BCUT2D eigenvalue weighted by atomic mass is 10.0. The van der Waals surface area contributed by atoms with Crippen LogP contribution in [0.3, 0.4) is 0 Å². The molecule has 1 saturated carbocycles. The highest BCUT2D eigenvalue weighted by Crippen LogP contribution is 2.30. The Morgan fingerprint density at radius 3 is 2.52 bits per heavy atom. The van der Waals surface area contributed by atoms with Gasteiger partial charge in [0.2, 0.25) is 5.91 Å². The van der Waals surface area contributed by atoms with Crippen LogP contribution in [0, 0.1) is 0 Å². The number of carbonyl (C=O) groups excluding carboxylic acids is 1. The third kappa shape index (κ3) is 3.98. The van der Waals surface area contributed by atoms with Crippen LogP contribution in [0.4, 0.5) is 0 Å². The Labute approximate surface area is 129 Å². The average Bonchev–Trinajstić information content (AvgIpc) is 3.38. The summed E-state index contributed by atoms with van der Waals surface area (Å²) in [6.45, 7) is 6.30. The van der Waals surface area contributed by atoms with Crippen molar-refractivity contribution in [1.29, 1.82) is 0 Å². The average molecular weight is 293 g/mol. The lowest BCUT2D eigenvalue weighted by Crippen LogP contribution is -2.53. The molecule has 2 saturated heterocycles. The highest BCUT2D eigenvalue weighted by Gasteiger charge is 2.37.